The van der Waals surface area contributed by atoms with E-state index >= 15 is 0 Å². The highest BCUT2D eigenvalue weighted by molar-refractivity contribution is 6.46. The first-order valence-corrected chi connectivity index (χ1v) is 13.9. The molecule has 8 heteroatoms. The first-order chi connectivity index (χ1) is 18.8. The van der Waals surface area contributed by atoms with Gasteiger partial charge in [0.2, 0.25) is 0 Å². The summed E-state index contributed by atoms with van der Waals surface area (Å²) in [6.07, 6.45) is 1.98. The first-order valence-electron chi connectivity index (χ1n) is 13.9. The van der Waals surface area contributed by atoms with Crippen LogP contribution in [0.5, 0.6) is 17.2 Å². The molecule has 8 nitrogen and oxygen atoms in total. The molecule has 1 saturated heterocycles. The molecule has 0 saturated carbocycles. The lowest BCUT2D eigenvalue weighted by atomic mass is 9.94. The molecule has 39 heavy (non-hydrogen) atoms. The first kappa shape index (κ1) is 30.0. The van der Waals surface area contributed by atoms with Gasteiger partial charge >= 0.3 is 0 Å². The largest absolute Gasteiger partial charge is 0.507 e. The average molecular weight is 539 g/mol. The predicted molar refractivity (Wildman–Crippen MR) is 153 cm³/mol. The van der Waals surface area contributed by atoms with Crippen LogP contribution in [0.3, 0.4) is 0 Å². The molecule has 1 aliphatic rings. The summed E-state index contributed by atoms with van der Waals surface area (Å²) in [5, 5.41) is 11.5. The third kappa shape index (κ3) is 6.74. The second-order valence-electron chi connectivity index (χ2n) is 9.54. The summed E-state index contributed by atoms with van der Waals surface area (Å²) in [6, 6.07) is 9.90. The number of likely N-dealkylation sites (N-methyl/N-ethyl adjacent to an activating group) is 1. The van der Waals surface area contributed by atoms with Crippen molar-refractivity contribution in [2.45, 2.75) is 53.5 Å². The molecule has 1 amide bonds. The summed E-state index contributed by atoms with van der Waals surface area (Å²) >= 11 is 0. The van der Waals surface area contributed by atoms with E-state index in [1.807, 2.05) is 19.9 Å². The second kappa shape index (κ2) is 14.0. The third-order valence-corrected chi connectivity index (χ3v) is 7.10. The summed E-state index contributed by atoms with van der Waals surface area (Å²) in [5.74, 6) is 0.252. The number of hydrogen-bond donors (Lipinski definition) is 1. The lowest BCUT2D eigenvalue weighted by molar-refractivity contribution is -0.140. The molecular weight excluding hydrogens is 496 g/mol. The van der Waals surface area contributed by atoms with Gasteiger partial charge in [-0.05, 0) is 74.8 Å². The number of benzene rings is 2. The molecule has 1 aliphatic heterocycles. The zero-order valence-electron chi connectivity index (χ0n) is 24.1. The number of nitrogens with zero attached hydrogens (tertiary/aromatic N) is 2. The number of aliphatic hydroxyl groups is 1. The second-order valence-corrected chi connectivity index (χ2v) is 9.54. The van der Waals surface area contributed by atoms with Crippen LogP contribution in [0.4, 0.5) is 0 Å². The molecule has 0 aromatic heterocycles. The van der Waals surface area contributed by atoms with Gasteiger partial charge in [-0.1, -0.05) is 33.3 Å². The van der Waals surface area contributed by atoms with Crippen LogP contribution in [0.1, 0.15) is 63.3 Å². The van der Waals surface area contributed by atoms with Gasteiger partial charge < -0.3 is 29.1 Å². The minimum atomic E-state index is -0.772. The molecule has 0 aliphatic carbocycles. The van der Waals surface area contributed by atoms with Crippen molar-refractivity contribution in [1.29, 1.82) is 0 Å². The van der Waals surface area contributed by atoms with Crippen molar-refractivity contribution in [3.8, 4) is 17.2 Å². The number of rotatable bonds is 14. The Bertz CT molecular complexity index is 1190. The van der Waals surface area contributed by atoms with E-state index in [2.05, 4.69) is 25.7 Å². The van der Waals surface area contributed by atoms with Crippen LogP contribution >= 0.6 is 0 Å². The van der Waals surface area contributed by atoms with Crippen LogP contribution in [0.2, 0.25) is 0 Å². The maximum Gasteiger partial charge on any atom is 0.295 e. The topological polar surface area (TPSA) is 88.5 Å². The summed E-state index contributed by atoms with van der Waals surface area (Å²) in [6.45, 7) is 13.7. The molecule has 1 fully saturated rings. The number of hydrogen-bond acceptors (Lipinski definition) is 7. The zero-order valence-corrected chi connectivity index (χ0v) is 24.1. The molecule has 1 heterocycles. The lowest BCUT2D eigenvalue weighted by Gasteiger charge is -2.28. The number of aliphatic hydroxyl groups excluding tert-OH is 1. The maximum absolute atomic E-state index is 13.4. The number of amides is 1. The quantitative estimate of drug-likeness (QED) is 0.150. The Balaban J connectivity index is 2.10. The highest BCUT2D eigenvalue weighted by Crippen LogP contribution is 2.42. The highest BCUT2D eigenvalue weighted by atomic mass is 16.5. The minimum Gasteiger partial charge on any atom is -0.507 e. The van der Waals surface area contributed by atoms with Crippen molar-refractivity contribution in [1.82, 2.24) is 9.80 Å². The molecular formula is C31H42N2O6. The fraction of sp³-hybridized carbons (Fsp3) is 0.484. The van der Waals surface area contributed by atoms with E-state index in [9.17, 15) is 14.7 Å². The number of likely N-dealkylation sites (tertiary alicyclic amines) is 1. The average Bonchev–Trinajstić information content (AvgIpc) is 3.19. The van der Waals surface area contributed by atoms with Gasteiger partial charge in [-0.2, -0.15) is 0 Å². The van der Waals surface area contributed by atoms with E-state index < -0.39 is 17.7 Å². The normalized spacial score (nSPS) is 16.7. The van der Waals surface area contributed by atoms with E-state index in [1.54, 1.807) is 42.3 Å². The van der Waals surface area contributed by atoms with Gasteiger partial charge in [-0.25, -0.2) is 0 Å². The maximum atomic E-state index is 13.4. The Morgan fingerprint density at radius 3 is 2.31 bits per heavy atom. The Hall–Kier alpha value is -3.52. The van der Waals surface area contributed by atoms with E-state index in [-0.39, 0.29) is 11.3 Å². The number of methoxy groups -OCH3 is 1. The summed E-state index contributed by atoms with van der Waals surface area (Å²) in [4.78, 5) is 30.5. The van der Waals surface area contributed by atoms with Gasteiger partial charge in [-0.3, -0.25) is 9.59 Å². The number of carbonyl (C=O) groups excluding carboxylic acids is 2. The van der Waals surface area contributed by atoms with Gasteiger partial charge in [0.15, 0.2) is 11.5 Å². The summed E-state index contributed by atoms with van der Waals surface area (Å²) in [7, 11) is 1.55. The summed E-state index contributed by atoms with van der Waals surface area (Å²) < 4.78 is 17.1. The number of carbonyl (C=O) groups is 2. The fourth-order valence-corrected chi connectivity index (χ4v) is 4.82. The van der Waals surface area contributed by atoms with E-state index in [0.29, 0.717) is 48.9 Å². The number of unbranched alkanes of at least 4 members (excludes halogenated alkanes) is 1. The van der Waals surface area contributed by atoms with Gasteiger partial charge in [0.25, 0.3) is 11.7 Å². The van der Waals surface area contributed by atoms with Crippen LogP contribution in [-0.4, -0.2) is 73.1 Å². The molecule has 0 spiro atoms. The van der Waals surface area contributed by atoms with Gasteiger partial charge in [0.05, 0.1) is 31.9 Å². The van der Waals surface area contributed by atoms with Crippen molar-refractivity contribution >= 4 is 17.4 Å². The number of aryl methyl sites for hydroxylation is 1. The number of Topliss-reactive ketones (excluding diaryl/α,β-unsaturated/α-hetero) is 1. The molecule has 2 aromatic carbocycles. The SMILES string of the molecule is CCCCOc1ccc(/C(O)=C2\C(=O)C(=O)N(CCN(CC)CC)[C@H]2c2ccc(OCC)c(OC)c2)cc1C. The molecule has 3 rings (SSSR count). The van der Waals surface area contributed by atoms with Crippen molar-refractivity contribution in [2.75, 3.05) is 46.5 Å². The Morgan fingerprint density at radius 2 is 1.69 bits per heavy atom. The Labute approximate surface area is 232 Å². The molecule has 0 unspecified atom stereocenters. The molecule has 0 radical (unpaired) electrons. The van der Waals surface area contributed by atoms with Crippen molar-refractivity contribution in [2.24, 2.45) is 0 Å². The van der Waals surface area contributed by atoms with Crippen LogP contribution in [0.15, 0.2) is 42.0 Å². The minimum absolute atomic E-state index is 0.0600. The van der Waals surface area contributed by atoms with Crippen molar-refractivity contribution < 1.29 is 28.9 Å². The fourth-order valence-electron chi connectivity index (χ4n) is 4.82. The van der Waals surface area contributed by atoms with Crippen LogP contribution < -0.4 is 14.2 Å². The smallest absolute Gasteiger partial charge is 0.295 e. The van der Waals surface area contributed by atoms with Crippen LogP contribution in [0, 0.1) is 6.92 Å². The molecule has 0 bridgehead atoms. The summed E-state index contributed by atoms with van der Waals surface area (Å²) in [5.41, 5.74) is 2.02. The Kier molecular flexibility index (Phi) is 10.8. The Morgan fingerprint density at radius 1 is 0.974 bits per heavy atom. The van der Waals surface area contributed by atoms with Gasteiger partial charge in [0, 0.05) is 18.7 Å². The molecule has 212 valence electrons. The monoisotopic (exact) mass is 538 g/mol. The van der Waals surface area contributed by atoms with E-state index in [4.69, 9.17) is 14.2 Å². The molecule has 1 N–H and O–H groups in total. The predicted octanol–water partition coefficient (Wildman–Crippen LogP) is 5.34. The van der Waals surface area contributed by atoms with E-state index in [1.165, 1.54) is 0 Å². The van der Waals surface area contributed by atoms with Crippen molar-refractivity contribution in [3.63, 3.8) is 0 Å². The standard InChI is InChI=1S/C31H42N2O6/c1-7-11-18-39-24-14-13-23(19-21(24)5)29(34)27-28(22-12-15-25(38-10-4)26(20-22)37-6)33(31(36)30(27)35)17-16-32(8-2)9-3/h12-15,19-20,28,34H,7-11,16-18H2,1-6H3/b29-27+/t28-/m0/s1. The van der Waals surface area contributed by atoms with Gasteiger partial charge in [0.1, 0.15) is 11.5 Å². The van der Waals surface area contributed by atoms with Crippen LogP contribution in [0.25, 0.3) is 5.76 Å². The molecule has 2 aromatic rings. The molecule has 1 atom stereocenters. The number of ketones is 1. The van der Waals surface area contributed by atoms with E-state index in [0.717, 1.165) is 37.2 Å². The van der Waals surface area contributed by atoms with Crippen molar-refractivity contribution in [3.05, 3.63) is 58.7 Å². The highest BCUT2D eigenvalue weighted by Gasteiger charge is 2.46. The zero-order chi connectivity index (χ0) is 28.5. The van der Waals surface area contributed by atoms with Crippen LogP contribution in [-0.2, 0) is 9.59 Å². The van der Waals surface area contributed by atoms with Gasteiger partial charge in [-0.15, -0.1) is 0 Å². The third-order valence-electron chi connectivity index (χ3n) is 7.10. The lowest BCUT2D eigenvalue weighted by Crippen LogP contribution is -2.38. The number of ether oxygens (including phenoxy) is 3.